The van der Waals surface area contributed by atoms with Gasteiger partial charge in [-0.3, -0.25) is 9.59 Å². The predicted octanol–water partition coefficient (Wildman–Crippen LogP) is -0.0294. The van der Waals surface area contributed by atoms with Gasteiger partial charge < -0.3 is 15.5 Å². The second-order valence-electron chi connectivity index (χ2n) is 4.79. The van der Waals surface area contributed by atoms with Crippen molar-refractivity contribution in [2.75, 3.05) is 33.7 Å². The van der Waals surface area contributed by atoms with Crippen molar-refractivity contribution in [3.63, 3.8) is 0 Å². The zero-order valence-electron chi connectivity index (χ0n) is 10.8. The minimum Gasteiger partial charge on any atom is -0.356 e. The topological polar surface area (TPSA) is 61.4 Å². The average Bonchev–Trinajstić information content (AvgIpc) is 2.30. The lowest BCUT2D eigenvalue weighted by molar-refractivity contribution is -0.128. The summed E-state index contributed by atoms with van der Waals surface area (Å²) in [4.78, 5) is 24.4. The molecule has 2 amide bonds. The van der Waals surface area contributed by atoms with Crippen molar-refractivity contribution >= 4 is 11.8 Å². The Labute approximate surface area is 103 Å². The zero-order chi connectivity index (χ0) is 12.7. The first-order valence-corrected chi connectivity index (χ1v) is 6.27. The molecule has 5 heteroatoms. The van der Waals surface area contributed by atoms with E-state index in [2.05, 4.69) is 10.6 Å². The molecule has 0 atom stereocenters. The third kappa shape index (κ3) is 5.68. The predicted molar refractivity (Wildman–Crippen MR) is 66.5 cm³/mol. The van der Waals surface area contributed by atoms with Crippen LogP contribution in [-0.4, -0.2) is 50.4 Å². The average molecular weight is 241 g/mol. The molecule has 1 aliphatic rings. The molecule has 1 saturated heterocycles. The Hall–Kier alpha value is -1.10. The minimum absolute atomic E-state index is 0.0483. The number of hydrogen-bond acceptors (Lipinski definition) is 3. The van der Waals surface area contributed by atoms with E-state index in [1.54, 1.807) is 19.0 Å². The van der Waals surface area contributed by atoms with E-state index in [0.717, 1.165) is 25.9 Å². The van der Waals surface area contributed by atoms with Gasteiger partial charge in [0.05, 0.1) is 0 Å². The number of nitrogens with one attached hydrogen (secondary N) is 2. The van der Waals surface area contributed by atoms with Crippen LogP contribution < -0.4 is 10.6 Å². The maximum absolute atomic E-state index is 11.6. The van der Waals surface area contributed by atoms with Crippen LogP contribution in [-0.2, 0) is 9.59 Å². The summed E-state index contributed by atoms with van der Waals surface area (Å²) >= 11 is 0. The summed E-state index contributed by atoms with van der Waals surface area (Å²) in [5, 5.41) is 6.09. The summed E-state index contributed by atoms with van der Waals surface area (Å²) in [6, 6.07) is 0. The summed E-state index contributed by atoms with van der Waals surface area (Å²) in [6.07, 6.45) is 3.12. The molecule has 0 bridgehead atoms. The molecule has 98 valence electrons. The summed E-state index contributed by atoms with van der Waals surface area (Å²) in [5.74, 6) is 0.622. The normalized spacial score (nSPS) is 16.6. The number of amides is 2. The fourth-order valence-corrected chi connectivity index (χ4v) is 1.95. The van der Waals surface area contributed by atoms with Crippen molar-refractivity contribution in [1.82, 2.24) is 15.5 Å². The SMILES string of the molecule is CN(C)C(=O)CCNC(=O)CC1CCNCC1. The zero-order valence-corrected chi connectivity index (χ0v) is 10.8. The fourth-order valence-electron chi connectivity index (χ4n) is 1.95. The lowest BCUT2D eigenvalue weighted by atomic mass is 9.94. The molecule has 0 saturated carbocycles. The van der Waals surface area contributed by atoms with Gasteiger partial charge in [0, 0.05) is 33.5 Å². The molecule has 5 nitrogen and oxygen atoms in total. The van der Waals surface area contributed by atoms with Crippen molar-refractivity contribution in [3.8, 4) is 0 Å². The molecule has 0 aliphatic carbocycles. The van der Waals surface area contributed by atoms with Gasteiger partial charge in [0.25, 0.3) is 0 Å². The highest BCUT2D eigenvalue weighted by Crippen LogP contribution is 2.15. The number of piperidine rings is 1. The third-order valence-electron chi connectivity index (χ3n) is 3.09. The van der Waals surface area contributed by atoms with E-state index in [9.17, 15) is 9.59 Å². The van der Waals surface area contributed by atoms with Crippen LogP contribution in [0, 0.1) is 5.92 Å². The highest BCUT2D eigenvalue weighted by Gasteiger charge is 2.16. The van der Waals surface area contributed by atoms with Crippen LogP contribution >= 0.6 is 0 Å². The number of nitrogens with zero attached hydrogens (tertiary/aromatic N) is 1. The minimum atomic E-state index is 0.0483. The summed E-state index contributed by atoms with van der Waals surface area (Å²) in [7, 11) is 3.44. The van der Waals surface area contributed by atoms with Gasteiger partial charge in [-0.25, -0.2) is 0 Å². The maximum Gasteiger partial charge on any atom is 0.223 e. The molecule has 1 fully saturated rings. The lowest BCUT2D eigenvalue weighted by Gasteiger charge is -2.21. The first-order valence-electron chi connectivity index (χ1n) is 6.27. The molecule has 0 spiro atoms. The van der Waals surface area contributed by atoms with Crippen LogP contribution in [0.5, 0.6) is 0 Å². The second-order valence-corrected chi connectivity index (χ2v) is 4.79. The monoisotopic (exact) mass is 241 g/mol. The van der Waals surface area contributed by atoms with Crippen LogP contribution in [0.4, 0.5) is 0 Å². The fraction of sp³-hybridized carbons (Fsp3) is 0.833. The Bertz CT molecular complexity index is 260. The highest BCUT2D eigenvalue weighted by atomic mass is 16.2. The summed E-state index contributed by atoms with van der Waals surface area (Å²) in [5.41, 5.74) is 0. The van der Waals surface area contributed by atoms with Crippen LogP contribution in [0.1, 0.15) is 25.7 Å². The quantitative estimate of drug-likeness (QED) is 0.710. The molecule has 2 N–H and O–H groups in total. The molecular weight excluding hydrogens is 218 g/mol. The van der Waals surface area contributed by atoms with Gasteiger partial charge in [-0.15, -0.1) is 0 Å². The molecule has 1 rings (SSSR count). The standard InChI is InChI=1S/C12H23N3O2/c1-15(2)12(17)5-8-14-11(16)9-10-3-6-13-7-4-10/h10,13H,3-9H2,1-2H3,(H,14,16). The van der Waals surface area contributed by atoms with E-state index >= 15 is 0 Å². The van der Waals surface area contributed by atoms with Crippen molar-refractivity contribution in [2.45, 2.75) is 25.7 Å². The van der Waals surface area contributed by atoms with Gasteiger partial charge in [0.1, 0.15) is 0 Å². The molecule has 0 aromatic rings. The van der Waals surface area contributed by atoms with E-state index in [-0.39, 0.29) is 11.8 Å². The Morgan fingerprint density at radius 1 is 1.29 bits per heavy atom. The van der Waals surface area contributed by atoms with Gasteiger partial charge >= 0.3 is 0 Å². The van der Waals surface area contributed by atoms with E-state index in [4.69, 9.17) is 0 Å². The van der Waals surface area contributed by atoms with E-state index < -0.39 is 0 Å². The summed E-state index contributed by atoms with van der Waals surface area (Å²) in [6.45, 7) is 2.47. The molecule has 0 aromatic heterocycles. The largest absolute Gasteiger partial charge is 0.356 e. The van der Waals surface area contributed by atoms with Crippen molar-refractivity contribution in [2.24, 2.45) is 5.92 Å². The molecule has 1 heterocycles. The van der Waals surface area contributed by atoms with Crippen molar-refractivity contribution in [1.29, 1.82) is 0 Å². The smallest absolute Gasteiger partial charge is 0.223 e. The van der Waals surface area contributed by atoms with Crippen molar-refractivity contribution in [3.05, 3.63) is 0 Å². The van der Waals surface area contributed by atoms with Gasteiger partial charge in [-0.1, -0.05) is 0 Å². The van der Waals surface area contributed by atoms with Gasteiger partial charge in [-0.05, 0) is 31.8 Å². The van der Waals surface area contributed by atoms with Crippen LogP contribution in [0.3, 0.4) is 0 Å². The Morgan fingerprint density at radius 3 is 2.53 bits per heavy atom. The van der Waals surface area contributed by atoms with E-state index in [1.165, 1.54) is 0 Å². The Balaban J connectivity index is 2.10. The lowest BCUT2D eigenvalue weighted by Crippen LogP contribution is -2.34. The Morgan fingerprint density at radius 2 is 1.94 bits per heavy atom. The van der Waals surface area contributed by atoms with Crippen LogP contribution in [0.25, 0.3) is 0 Å². The molecule has 0 aromatic carbocycles. The van der Waals surface area contributed by atoms with Crippen LogP contribution in [0.2, 0.25) is 0 Å². The van der Waals surface area contributed by atoms with E-state index in [1.807, 2.05) is 0 Å². The van der Waals surface area contributed by atoms with Gasteiger partial charge in [-0.2, -0.15) is 0 Å². The molecule has 17 heavy (non-hydrogen) atoms. The number of rotatable bonds is 5. The second kappa shape index (κ2) is 7.27. The summed E-state index contributed by atoms with van der Waals surface area (Å²) < 4.78 is 0. The molecule has 1 aliphatic heterocycles. The molecular formula is C12H23N3O2. The molecule has 0 radical (unpaired) electrons. The number of carbonyl (C=O) groups is 2. The number of carbonyl (C=O) groups excluding carboxylic acids is 2. The first kappa shape index (κ1) is 14.0. The highest BCUT2D eigenvalue weighted by molar-refractivity contribution is 5.78. The third-order valence-corrected chi connectivity index (χ3v) is 3.09. The Kier molecular flexibility index (Phi) is 5.97. The van der Waals surface area contributed by atoms with Crippen molar-refractivity contribution < 1.29 is 9.59 Å². The maximum atomic E-state index is 11.6. The molecule has 0 unspecified atom stereocenters. The van der Waals surface area contributed by atoms with E-state index in [0.29, 0.717) is 25.3 Å². The van der Waals surface area contributed by atoms with Gasteiger partial charge in [0.15, 0.2) is 0 Å². The number of hydrogen-bond donors (Lipinski definition) is 2. The van der Waals surface area contributed by atoms with Gasteiger partial charge in [0.2, 0.25) is 11.8 Å². The van der Waals surface area contributed by atoms with Crippen LogP contribution in [0.15, 0.2) is 0 Å². The first-order chi connectivity index (χ1) is 8.09.